The number of rotatable bonds is 4. The molecule has 4 heteroatoms. The van der Waals surface area contributed by atoms with Crippen LogP contribution in [0, 0.1) is 0 Å². The topological polar surface area (TPSA) is 35.5 Å². The molecule has 0 aliphatic rings. The van der Waals surface area contributed by atoms with Gasteiger partial charge >= 0.3 is 5.97 Å². The maximum absolute atomic E-state index is 11.2. The number of methoxy groups -OCH3 is 1. The summed E-state index contributed by atoms with van der Waals surface area (Å²) in [5.41, 5.74) is 0.697. The summed E-state index contributed by atoms with van der Waals surface area (Å²) in [5, 5.41) is 0. The lowest BCUT2D eigenvalue weighted by atomic mass is 10.2. The number of hydrogen-bond donors (Lipinski definition) is 0. The molecule has 16 heavy (non-hydrogen) atoms. The minimum absolute atomic E-state index is 0.374. The number of carbonyl (C=O) groups excluding carboxylic acids is 1. The van der Waals surface area contributed by atoms with E-state index in [1.165, 1.54) is 7.11 Å². The van der Waals surface area contributed by atoms with Gasteiger partial charge in [0, 0.05) is 11.6 Å². The van der Waals surface area contributed by atoms with Gasteiger partial charge in [-0.2, -0.15) is 0 Å². The highest BCUT2D eigenvalue weighted by atomic mass is 79.9. The summed E-state index contributed by atoms with van der Waals surface area (Å²) in [5.74, 6) is 0.425. The highest BCUT2D eigenvalue weighted by molar-refractivity contribution is 9.10. The van der Waals surface area contributed by atoms with E-state index in [1.54, 1.807) is 18.2 Å². The lowest BCUT2D eigenvalue weighted by Crippen LogP contribution is -2.05. The Bertz CT molecular complexity index is 438. The van der Waals surface area contributed by atoms with Crippen LogP contribution in [0.2, 0.25) is 0 Å². The Morgan fingerprint density at radius 3 is 2.62 bits per heavy atom. The van der Waals surface area contributed by atoms with E-state index in [9.17, 15) is 4.79 Å². The zero-order valence-electron chi connectivity index (χ0n) is 8.83. The molecular weight excluding hydrogens is 272 g/mol. The summed E-state index contributed by atoms with van der Waals surface area (Å²) >= 11 is 3.31. The molecule has 0 aromatic heterocycles. The molecule has 0 fully saturated rings. The Labute approximate surface area is 102 Å². The second kappa shape index (κ2) is 5.51. The fourth-order valence-electron chi connectivity index (χ4n) is 1.12. The second-order valence-electron chi connectivity index (χ2n) is 2.83. The first-order valence-corrected chi connectivity index (χ1v) is 5.26. The minimum Gasteiger partial charge on any atom is -0.495 e. The van der Waals surface area contributed by atoms with E-state index < -0.39 is 5.97 Å². The van der Waals surface area contributed by atoms with Crippen molar-refractivity contribution in [2.24, 2.45) is 0 Å². The van der Waals surface area contributed by atoms with Gasteiger partial charge in [-0.25, -0.2) is 4.79 Å². The highest BCUT2D eigenvalue weighted by Gasteiger charge is 2.13. The van der Waals surface area contributed by atoms with Gasteiger partial charge in [0.25, 0.3) is 0 Å². The van der Waals surface area contributed by atoms with Gasteiger partial charge in [-0.1, -0.05) is 19.2 Å². The fourth-order valence-corrected chi connectivity index (χ4v) is 1.72. The van der Waals surface area contributed by atoms with Crippen LogP contribution >= 0.6 is 15.9 Å². The van der Waals surface area contributed by atoms with Gasteiger partial charge in [-0.15, -0.1) is 0 Å². The molecule has 1 rings (SSSR count). The highest BCUT2D eigenvalue weighted by Crippen LogP contribution is 2.37. The van der Waals surface area contributed by atoms with E-state index in [1.807, 2.05) is 0 Å². The van der Waals surface area contributed by atoms with Gasteiger partial charge < -0.3 is 9.47 Å². The van der Waals surface area contributed by atoms with Crippen molar-refractivity contribution in [1.29, 1.82) is 0 Å². The fraction of sp³-hybridized carbons (Fsp3) is 0.0833. The summed E-state index contributed by atoms with van der Waals surface area (Å²) in [6, 6.07) is 3.51. The van der Waals surface area contributed by atoms with Crippen molar-refractivity contribution in [2.75, 3.05) is 7.11 Å². The molecule has 0 aliphatic heterocycles. The van der Waals surface area contributed by atoms with E-state index in [0.29, 0.717) is 21.5 Å². The molecular formula is C12H11BrO3. The minimum atomic E-state index is -0.531. The normalized spacial score (nSPS) is 9.38. The predicted molar refractivity (Wildman–Crippen MR) is 66.6 cm³/mol. The Kier molecular flexibility index (Phi) is 4.31. The summed E-state index contributed by atoms with van der Waals surface area (Å²) in [4.78, 5) is 11.2. The number of hydrogen-bond acceptors (Lipinski definition) is 3. The molecule has 84 valence electrons. The van der Waals surface area contributed by atoms with Crippen molar-refractivity contribution < 1.29 is 14.3 Å². The van der Waals surface area contributed by atoms with E-state index in [0.717, 1.165) is 6.08 Å². The maximum Gasteiger partial charge on any atom is 0.335 e. The summed E-state index contributed by atoms with van der Waals surface area (Å²) in [7, 11) is 1.53. The van der Waals surface area contributed by atoms with Crippen molar-refractivity contribution in [3.63, 3.8) is 0 Å². The molecule has 0 bridgehead atoms. The third kappa shape index (κ3) is 2.52. The monoisotopic (exact) mass is 282 g/mol. The van der Waals surface area contributed by atoms with Crippen LogP contribution in [-0.2, 0) is 4.79 Å². The third-order valence-corrected chi connectivity index (χ3v) is 2.65. The zero-order valence-corrected chi connectivity index (χ0v) is 10.4. The first-order chi connectivity index (χ1) is 7.63. The van der Waals surface area contributed by atoms with Gasteiger partial charge in [0.1, 0.15) is 10.2 Å². The summed E-state index contributed by atoms with van der Waals surface area (Å²) in [6.07, 6.45) is 2.69. The van der Waals surface area contributed by atoms with E-state index in [-0.39, 0.29) is 0 Å². The average molecular weight is 283 g/mol. The number of esters is 1. The maximum atomic E-state index is 11.2. The predicted octanol–water partition coefficient (Wildman–Crippen LogP) is 3.19. The number of ether oxygens (including phenoxy) is 2. The Morgan fingerprint density at radius 2 is 2.12 bits per heavy atom. The molecule has 0 heterocycles. The molecule has 0 unspecified atom stereocenters. The lowest BCUT2D eigenvalue weighted by Gasteiger charge is -2.11. The van der Waals surface area contributed by atoms with Gasteiger partial charge in [0.2, 0.25) is 0 Å². The van der Waals surface area contributed by atoms with Crippen LogP contribution in [0.1, 0.15) is 5.56 Å². The van der Waals surface area contributed by atoms with Crippen LogP contribution in [0.3, 0.4) is 0 Å². The molecule has 1 aromatic carbocycles. The van der Waals surface area contributed by atoms with E-state index in [4.69, 9.17) is 9.47 Å². The van der Waals surface area contributed by atoms with Crippen molar-refractivity contribution in [1.82, 2.24) is 0 Å². The second-order valence-corrected chi connectivity index (χ2v) is 3.62. The summed E-state index contributed by atoms with van der Waals surface area (Å²) < 4.78 is 10.8. The van der Waals surface area contributed by atoms with Gasteiger partial charge in [-0.3, -0.25) is 0 Å². The molecule has 0 saturated heterocycles. The average Bonchev–Trinajstić information content (AvgIpc) is 2.31. The number of halogens is 1. The molecule has 0 saturated carbocycles. The smallest absolute Gasteiger partial charge is 0.335 e. The van der Waals surface area contributed by atoms with Gasteiger partial charge in [-0.05, 0) is 28.1 Å². The molecule has 0 spiro atoms. The zero-order chi connectivity index (χ0) is 12.1. The first-order valence-electron chi connectivity index (χ1n) is 4.47. The quantitative estimate of drug-likeness (QED) is 0.483. The largest absolute Gasteiger partial charge is 0.495 e. The van der Waals surface area contributed by atoms with Gasteiger partial charge in [0.05, 0.1) is 7.11 Å². The van der Waals surface area contributed by atoms with Gasteiger partial charge in [0.15, 0.2) is 5.75 Å². The molecule has 0 atom stereocenters. The van der Waals surface area contributed by atoms with Crippen LogP contribution < -0.4 is 9.47 Å². The van der Waals surface area contributed by atoms with Crippen molar-refractivity contribution in [3.05, 3.63) is 41.4 Å². The van der Waals surface area contributed by atoms with Crippen molar-refractivity contribution in [2.45, 2.75) is 0 Å². The van der Waals surface area contributed by atoms with E-state index >= 15 is 0 Å². The van der Waals surface area contributed by atoms with Crippen molar-refractivity contribution in [3.8, 4) is 11.5 Å². The van der Waals surface area contributed by atoms with Crippen LogP contribution in [0.15, 0.2) is 35.8 Å². The number of carbonyl (C=O) groups is 1. The van der Waals surface area contributed by atoms with E-state index in [2.05, 4.69) is 29.1 Å². The SMILES string of the molecule is C=CC(=O)Oc1c(C=C)ccc(OC)c1Br. The van der Waals surface area contributed by atoms with Crippen LogP contribution in [-0.4, -0.2) is 13.1 Å². The molecule has 1 aromatic rings. The van der Waals surface area contributed by atoms with Crippen molar-refractivity contribution >= 4 is 28.0 Å². The Hall–Kier alpha value is -1.55. The number of benzene rings is 1. The van der Waals surface area contributed by atoms with Crippen LogP contribution in [0.4, 0.5) is 0 Å². The molecule has 0 aliphatic carbocycles. The van der Waals surface area contributed by atoms with Crippen LogP contribution in [0.5, 0.6) is 11.5 Å². The molecule has 3 nitrogen and oxygen atoms in total. The molecule has 0 N–H and O–H groups in total. The van der Waals surface area contributed by atoms with Crippen LogP contribution in [0.25, 0.3) is 6.08 Å². The standard InChI is InChI=1S/C12H11BrO3/c1-4-8-6-7-9(15-3)11(13)12(8)16-10(14)5-2/h4-7H,1-2H2,3H3. The molecule has 0 amide bonds. The lowest BCUT2D eigenvalue weighted by molar-refractivity contribution is -0.129. The first kappa shape index (κ1) is 12.5. The third-order valence-electron chi connectivity index (χ3n) is 1.90. The summed E-state index contributed by atoms with van der Waals surface area (Å²) in [6.45, 7) is 6.98. The molecule has 0 radical (unpaired) electrons. The Balaban J connectivity index is 3.25. The Morgan fingerprint density at radius 1 is 1.44 bits per heavy atom.